The third-order valence-corrected chi connectivity index (χ3v) is 3.32. The summed E-state index contributed by atoms with van der Waals surface area (Å²) in [6.45, 7) is 2.33. The molecule has 0 aliphatic rings. The van der Waals surface area contributed by atoms with Crippen molar-refractivity contribution in [2.45, 2.75) is 13.5 Å². The first-order chi connectivity index (χ1) is 9.99. The standard InChI is InChI=1S/C17H19FN2O/c1-12-8-9-13(17(21)20(2)3)10-16(12)19-11-14-6-4-5-7-15(14)18/h4-10,19H,11H2,1-3H3. The zero-order chi connectivity index (χ0) is 15.4. The van der Waals surface area contributed by atoms with E-state index < -0.39 is 0 Å². The van der Waals surface area contributed by atoms with Crippen LogP contribution in [0.1, 0.15) is 21.5 Å². The van der Waals surface area contributed by atoms with Gasteiger partial charge in [-0.2, -0.15) is 0 Å². The molecule has 0 saturated heterocycles. The Bertz CT molecular complexity index is 653. The summed E-state index contributed by atoms with van der Waals surface area (Å²) >= 11 is 0. The van der Waals surface area contributed by atoms with Gasteiger partial charge in [0, 0.05) is 37.5 Å². The molecule has 0 radical (unpaired) electrons. The summed E-state index contributed by atoms with van der Waals surface area (Å²) in [4.78, 5) is 13.5. The van der Waals surface area contributed by atoms with E-state index in [0.717, 1.165) is 11.3 Å². The molecule has 0 atom stereocenters. The van der Waals surface area contributed by atoms with Crippen LogP contribution in [-0.2, 0) is 6.54 Å². The molecule has 0 unspecified atom stereocenters. The fourth-order valence-electron chi connectivity index (χ4n) is 2.04. The number of hydrogen-bond donors (Lipinski definition) is 1. The number of halogens is 1. The second-order valence-corrected chi connectivity index (χ2v) is 5.17. The molecule has 0 aliphatic carbocycles. The first-order valence-electron chi connectivity index (χ1n) is 6.78. The van der Waals surface area contributed by atoms with E-state index in [1.165, 1.54) is 11.0 Å². The maximum atomic E-state index is 13.6. The fraction of sp³-hybridized carbons (Fsp3) is 0.235. The van der Waals surface area contributed by atoms with Crippen LogP contribution < -0.4 is 5.32 Å². The van der Waals surface area contributed by atoms with Crippen LogP contribution in [0.5, 0.6) is 0 Å². The molecular formula is C17H19FN2O. The molecule has 1 N–H and O–H groups in total. The molecule has 0 bridgehead atoms. The van der Waals surface area contributed by atoms with Gasteiger partial charge in [0.15, 0.2) is 0 Å². The molecule has 0 saturated carbocycles. The highest BCUT2D eigenvalue weighted by atomic mass is 19.1. The highest BCUT2D eigenvalue weighted by molar-refractivity contribution is 5.95. The van der Waals surface area contributed by atoms with E-state index >= 15 is 0 Å². The first-order valence-corrected chi connectivity index (χ1v) is 6.78. The van der Waals surface area contributed by atoms with Crippen molar-refractivity contribution in [2.24, 2.45) is 0 Å². The van der Waals surface area contributed by atoms with E-state index in [1.807, 2.05) is 13.0 Å². The van der Waals surface area contributed by atoms with E-state index in [9.17, 15) is 9.18 Å². The third kappa shape index (κ3) is 3.60. The molecule has 0 fully saturated rings. The SMILES string of the molecule is Cc1ccc(C(=O)N(C)C)cc1NCc1ccccc1F. The van der Waals surface area contributed by atoms with Crippen molar-refractivity contribution >= 4 is 11.6 Å². The highest BCUT2D eigenvalue weighted by Crippen LogP contribution is 2.19. The van der Waals surface area contributed by atoms with Gasteiger partial charge in [-0.05, 0) is 30.7 Å². The predicted molar refractivity (Wildman–Crippen MR) is 82.9 cm³/mol. The number of nitrogens with zero attached hydrogens (tertiary/aromatic N) is 1. The number of benzene rings is 2. The number of rotatable bonds is 4. The average Bonchev–Trinajstić information content (AvgIpc) is 2.47. The van der Waals surface area contributed by atoms with Crippen molar-refractivity contribution < 1.29 is 9.18 Å². The van der Waals surface area contributed by atoms with Gasteiger partial charge in [-0.15, -0.1) is 0 Å². The van der Waals surface area contributed by atoms with E-state index in [1.54, 1.807) is 44.4 Å². The normalized spacial score (nSPS) is 10.3. The maximum absolute atomic E-state index is 13.6. The van der Waals surface area contributed by atoms with Crippen LogP contribution in [-0.4, -0.2) is 24.9 Å². The summed E-state index contributed by atoms with van der Waals surface area (Å²) in [5.74, 6) is -0.285. The molecule has 21 heavy (non-hydrogen) atoms. The molecule has 1 amide bonds. The lowest BCUT2D eigenvalue weighted by molar-refractivity contribution is 0.0827. The topological polar surface area (TPSA) is 32.3 Å². The van der Waals surface area contributed by atoms with Gasteiger partial charge in [0.2, 0.25) is 0 Å². The summed E-state index contributed by atoms with van der Waals surface area (Å²) < 4.78 is 13.6. The minimum absolute atomic E-state index is 0.0519. The molecule has 110 valence electrons. The van der Waals surface area contributed by atoms with Crippen LogP contribution in [0, 0.1) is 12.7 Å². The lowest BCUT2D eigenvalue weighted by Crippen LogP contribution is -2.21. The fourth-order valence-corrected chi connectivity index (χ4v) is 2.04. The minimum Gasteiger partial charge on any atom is -0.381 e. The van der Waals surface area contributed by atoms with Crippen molar-refractivity contribution in [3.63, 3.8) is 0 Å². The Morgan fingerprint density at radius 2 is 1.90 bits per heavy atom. The Morgan fingerprint density at radius 3 is 2.57 bits per heavy atom. The quantitative estimate of drug-likeness (QED) is 0.933. The molecule has 2 aromatic rings. The van der Waals surface area contributed by atoms with Gasteiger partial charge in [0.1, 0.15) is 5.82 Å². The zero-order valence-corrected chi connectivity index (χ0v) is 12.5. The van der Waals surface area contributed by atoms with Gasteiger partial charge in [-0.1, -0.05) is 24.3 Å². The Hall–Kier alpha value is -2.36. The van der Waals surface area contributed by atoms with Gasteiger partial charge in [-0.25, -0.2) is 4.39 Å². The van der Waals surface area contributed by atoms with Gasteiger partial charge in [0.05, 0.1) is 0 Å². The number of carbonyl (C=O) groups is 1. The lowest BCUT2D eigenvalue weighted by Gasteiger charge is -2.14. The summed E-state index contributed by atoms with van der Waals surface area (Å²) in [6, 6.07) is 12.1. The minimum atomic E-state index is -0.233. The Balaban J connectivity index is 2.18. The van der Waals surface area contributed by atoms with Crippen molar-refractivity contribution in [3.8, 4) is 0 Å². The van der Waals surface area contributed by atoms with Crippen molar-refractivity contribution in [3.05, 3.63) is 65.0 Å². The largest absolute Gasteiger partial charge is 0.381 e. The summed E-state index contributed by atoms with van der Waals surface area (Å²) in [7, 11) is 3.43. The molecule has 2 aromatic carbocycles. The van der Waals surface area contributed by atoms with Crippen molar-refractivity contribution in [1.29, 1.82) is 0 Å². The molecule has 2 rings (SSSR count). The van der Waals surface area contributed by atoms with E-state index in [4.69, 9.17) is 0 Å². The van der Waals surface area contributed by atoms with Crippen LogP contribution >= 0.6 is 0 Å². The molecule has 0 heterocycles. The maximum Gasteiger partial charge on any atom is 0.253 e. The smallest absolute Gasteiger partial charge is 0.253 e. The molecule has 3 nitrogen and oxygen atoms in total. The van der Waals surface area contributed by atoms with E-state index in [0.29, 0.717) is 17.7 Å². The number of hydrogen-bond acceptors (Lipinski definition) is 2. The number of amides is 1. The van der Waals surface area contributed by atoms with Crippen LogP contribution in [0.15, 0.2) is 42.5 Å². The summed E-state index contributed by atoms with van der Waals surface area (Å²) in [6.07, 6.45) is 0. The Labute approximate surface area is 124 Å². The molecule has 0 aromatic heterocycles. The summed E-state index contributed by atoms with van der Waals surface area (Å²) in [5.41, 5.74) is 3.07. The van der Waals surface area contributed by atoms with Gasteiger partial charge in [0.25, 0.3) is 5.91 Å². The number of aryl methyl sites for hydroxylation is 1. The van der Waals surface area contributed by atoms with Crippen molar-refractivity contribution in [1.82, 2.24) is 4.90 Å². The predicted octanol–water partition coefficient (Wildman–Crippen LogP) is 3.45. The lowest BCUT2D eigenvalue weighted by atomic mass is 10.1. The molecular weight excluding hydrogens is 267 g/mol. The van der Waals surface area contributed by atoms with Crippen LogP contribution in [0.2, 0.25) is 0 Å². The third-order valence-electron chi connectivity index (χ3n) is 3.32. The number of carbonyl (C=O) groups excluding carboxylic acids is 1. The Kier molecular flexibility index (Phi) is 4.58. The van der Waals surface area contributed by atoms with Gasteiger partial charge in [-0.3, -0.25) is 4.79 Å². The van der Waals surface area contributed by atoms with E-state index in [2.05, 4.69) is 5.32 Å². The highest BCUT2D eigenvalue weighted by Gasteiger charge is 2.10. The molecule has 0 spiro atoms. The van der Waals surface area contributed by atoms with Gasteiger partial charge < -0.3 is 10.2 Å². The van der Waals surface area contributed by atoms with Crippen LogP contribution in [0.25, 0.3) is 0 Å². The van der Waals surface area contributed by atoms with Crippen LogP contribution in [0.4, 0.5) is 10.1 Å². The van der Waals surface area contributed by atoms with Crippen molar-refractivity contribution in [2.75, 3.05) is 19.4 Å². The monoisotopic (exact) mass is 286 g/mol. The average molecular weight is 286 g/mol. The Morgan fingerprint density at radius 1 is 1.19 bits per heavy atom. The number of anilines is 1. The number of nitrogens with one attached hydrogen (secondary N) is 1. The second-order valence-electron chi connectivity index (χ2n) is 5.17. The zero-order valence-electron chi connectivity index (χ0n) is 12.5. The van der Waals surface area contributed by atoms with E-state index in [-0.39, 0.29) is 11.7 Å². The molecule has 0 aliphatic heterocycles. The second kappa shape index (κ2) is 6.39. The van der Waals surface area contributed by atoms with Gasteiger partial charge >= 0.3 is 0 Å². The summed E-state index contributed by atoms with van der Waals surface area (Å²) in [5, 5.41) is 3.19. The first kappa shape index (κ1) is 15.0. The van der Waals surface area contributed by atoms with Crippen LogP contribution in [0.3, 0.4) is 0 Å². The molecule has 4 heteroatoms.